The van der Waals surface area contributed by atoms with Crippen LogP contribution in [-0.4, -0.2) is 34.4 Å². The predicted molar refractivity (Wildman–Crippen MR) is 114 cm³/mol. The monoisotopic (exact) mass is 394 g/mol. The van der Waals surface area contributed by atoms with Gasteiger partial charge in [-0.25, -0.2) is 0 Å². The standard InChI is InChI=1S/C24H30N2O3/c1-5-14-25-23(29)24(4)20-9-7-6-8-19(20)22(28)26(16(2)3)21(24)18-12-10-17(15-27)11-13-18/h6-13,16,21,27H,5,14-15H2,1-4H3,(H,25,29)/t21-,24-/m0/s1. The van der Waals surface area contributed by atoms with Gasteiger partial charge in [-0.1, -0.05) is 49.4 Å². The van der Waals surface area contributed by atoms with Crippen molar-refractivity contribution in [3.8, 4) is 0 Å². The van der Waals surface area contributed by atoms with Crippen LogP contribution >= 0.6 is 0 Å². The lowest BCUT2D eigenvalue weighted by atomic mass is 9.67. The van der Waals surface area contributed by atoms with E-state index in [-0.39, 0.29) is 24.5 Å². The second-order valence-electron chi connectivity index (χ2n) is 8.11. The maximum atomic E-state index is 13.5. The summed E-state index contributed by atoms with van der Waals surface area (Å²) in [5, 5.41) is 12.5. The Morgan fingerprint density at radius 3 is 2.41 bits per heavy atom. The first-order valence-corrected chi connectivity index (χ1v) is 10.3. The third kappa shape index (κ3) is 3.55. The number of benzene rings is 2. The summed E-state index contributed by atoms with van der Waals surface area (Å²) in [5.41, 5.74) is 2.08. The Bertz CT molecular complexity index is 891. The van der Waals surface area contributed by atoms with Gasteiger partial charge in [-0.05, 0) is 49.9 Å². The van der Waals surface area contributed by atoms with Gasteiger partial charge >= 0.3 is 0 Å². The summed E-state index contributed by atoms with van der Waals surface area (Å²) in [5.74, 6) is -0.145. The van der Waals surface area contributed by atoms with Gasteiger partial charge in [-0.2, -0.15) is 0 Å². The Morgan fingerprint density at radius 2 is 1.83 bits per heavy atom. The fourth-order valence-corrected chi connectivity index (χ4v) is 4.30. The molecule has 1 aliphatic rings. The second-order valence-corrected chi connectivity index (χ2v) is 8.11. The molecule has 0 radical (unpaired) electrons. The lowest BCUT2D eigenvalue weighted by molar-refractivity contribution is -0.129. The minimum atomic E-state index is -0.940. The van der Waals surface area contributed by atoms with Crippen LogP contribution in [0.5, 0.6) is 0 Å². The largest absolute Gasteiger partial charge is 0.392 e. The first kappa shape index (κ1) is 21.1. The van der Waals surface area contributed by atoms with Crippen molar-refractivity contribution in [2.24, 2.45) is 0 Å². The molecule has 29 heavy (non-hydrogen) atoms. The SMILES string of the molecule is CCCNC(=O)[C@@]1(C)c2ccccc2C(=O)N(C(C)C)[C@H]1c1ccc(CO)cc1. The molecule has 2 N–H and O–H groups in total. The molecule has 3 rings (SSSR count). The van der Waals surface area contributed by atoms with E-state index in [0.29, 0.717) is 12.1 Å². The van der Waals surface area contributed by atoms with E-state index in [1.165, 1.54) is 0 Å². The summed E-state index contributed by atoms with van der Waals surface area (Å²) < 4.78 is 0. The summed E-state index contributed by atoms with van der Waals surface area (Å²) in [7, 11) is 0. The molecule has 0 saturated heterocycles. The molecule has 2 aromatic carbocycles. The maximum absolute atomic E-state index is 13.5. The summed E-state index contributed by atoms with van der Waals surface area (Å²) in [6.45, 7) is 8.45. The number of nitrogens with one attached hydrogen (secondary N) is 1. The Labute approximate surface area is 172 Å². The molecule has 5 heteroatoms. The molecule has 0 bridgehead atoms. The first-order valence-electron chi connectivity index (χ1n) is 10.3. The van der Waals surface area contributed by atoms with Gasteiger partial charge < -0.3 is 15.3 Å². The van der Waals surface area contributed by atoms with Crippen LogP contribution in [0.15, 0.2) is 48.5 Å². The summed E-state index contributed by atoms with van der Waals surface area (Å²) in [6.07, 6.45) is 0.839. The van der Waals surface area contributed by atoms with Crippen molar-refractivity contribution in [1.82, 2.24) is 10.2 Å². The number of carbonyl (C=O) groups excluding carboxylic acids is 2. The Kier molecular flexibility index (Phi) is 6.08. The van der Waals surface area contributed by atoms with Gasteiger partial charge in [-0.3, -0.25) is 9.59 Å². The fraction of sp³-hybridized carbons (Fsp3) is 0.417. The van der Waals surface area contributed by atoms with Gasteiger partial charge in [0.25, 0.3) is 5.91 Å². The summed E-state index contributed by atoms with van der Waals surface area (Å²) in [4.78, 5) is 28.8. The van der Waals surface area contributed by atoms with E-state index in [4.69, 9.17) is 0 Å². The molecule has 0 unspecified atom stereocenters. The minimum absolute atomic E-state index is 0.0468. The van der Waals surface area contributed by atoms with Gasteiger partial charge in [0.05, 0.1) is 18.1 Å². The highest BCUT2D eigenvalue weighted by Gasteiger charge is 2.53. The average molecular weight is 395 g/mol. The number of rotatable bonds is 6. The topological polar surface area (TPSA) is 69.6 Å². The van der Waals surface area contributed by atoms with Crippen LogP contribution in [0.4, 0.5) is 0 Å². The van der Waals surface area contributed by atoms with Crippen molar-refractivity contribution in [2.45, 2.75) is 58.2 Å². The Balaban J connectivity index is 2.25. The molecular formula is C24H30N2O3. The van der Waals surface area contributed by atoms with Crippen LogP contribution in [-0.2, 0) is 16.8 Å². The van der Waals surface area contributed by atoms with E-state index < -0.39 is 11.5 Å². The number of carbonyl (C=O) groups is 2. The third-order valence-corrected chi connectivity index (χ3v) is 5.82. The molecule has 5 nitrogen and oxygen atoms in total. The smallest absolute Gasteiger partial charge is 0.254 e. The zero-order valence-electron chi connectivity index (χ0n) is 17.6. The van der Waals surface area contributed by atoms with E-state index in [2.05, 4.69) is 5.32 Å². The molecule has 1 aliphatic heterocycles. The number of aliphatic hydroxyl groups excluding tert-OH is 1. The van der Waals surface area contributed by atoms with Gasteiger partial charge in [-0.15, -0.1) is 0 Å². The van der Waals surface area contributed by atoms with Crippen LogP contribution in [0, 0.1) is 0 Å². The Morgan fingerprint density at radius 1 is 1.17 bits per heavy atom. The van der Waals surface area contributed by atoms with Crippen LogP contribution in [0.25, 0.3) is 0 Å². The highest BCUT2D eigenvalue weighted by Crippen LogP contribution is 2.48. The van der Waals surface area contributed by atoms with Gasteiger partial charge in [0.15, 0.2) is 0 Å². The van der Waals surface area contributed by atoms with Crippen molar-refractivity contribution in [3.63, 3.8) is 0 Å². The van der Waals surface area contributed by atoms with Crippen LogP contribution in [0.1, 0.15) is 67.2 Å². The third-order valence-electron chi connectivity index (χ3n) is 5.82. The molecular weight excluding hydrogens is 364 g/mol. The van der Waals surface area contributed by atoms with Crippen molar-refractivity contribution in [1.29, 1.82) is 0 Å². The number of amides is 2. The van der Waals surface area contributed by atoms with Crippen molar-refractivity contribution < 1.29 is 14.7 Å². The average Bonchev–Trinajstić information content (AvgIpc) is 2.74. The molecule has 1 heterocycles. The summed E-state index contributed by atoms with van der Waals surface area (Å²) in [6, 6.07) is 14.4. The molecule has 0 spiro atoms. The number of hydrogen-bond acceptors (Lipinski definition) is 3. The molecule has 0 aliphatic carbocycles. The number of hydrogen-bond donors (Lipinski definition) is 2. The molecule has 0 aromatic heterocycles. The van der Waals surface area contributed by atoms with E-state index >= 15 is 0 Å². The number of fused-ring (bicyclic) bond motifs is 1. The zero-order chi connectivity index (χ0) is 21.2. The molecule has 2 aromatic rings. The Hall–Kier alpha value is -2.66. The lowest BCUT2D eigenvalue weighted by Gasteiger charge is -2.49. The van der Waals surface area contributed by atoms with Gasteiger partial charge in [0.1, 0.15) is 0 Å². The number of nitrogens with zero attached hydrogens (tertiary/aromatic N) is 1. The maximum Gasteiger partial charge on any atom is 0.254 e. The highest BCUT2D eigenvalue weighted by molar-refractivity contribution is 6.03. The molecule has 154 valence electrons. The van der Waals surface area contributed by atoms with E-state index in [0.717, 1.165) is 23.1 Å². The molecule has 2 amide bonds. The highest BCUT2D eigenvalue weighted by atomic mass is 16.3. The zero-order valence-corrected chi connectivity index (χ0v) is 17.6. The van der Waals surface area contributed by atoms with Gasteiger partial charge in [0.2, 0.25) is 5.91 Å². The van der Waals surface area contributed by atoms with Crippen molar-refractivity contribution >= 4 is 11.8 Å². The summed E-state index contributed by atoms with van der Waals surface area (Å²) >= 11 is 0. The lowest BCUT2D eigenvalue weighted by Crippen LogP contribution is -2.58. The van der Waals surface area contributed by atoms with Crippen LogP contribution in [0.3, 0.4) is 0 Å². The molecule has 2 atom stereocenters. The predicted octanol–water partition coefficient (Wildman–Crippen LogP) is 3.57. The fourth-order valence-electron chi connectivity index (χ4n) is 4.30. The van der Waals surface area contributed by atoms with E-state index in [1.807, 2.05) is 81.1 Å². The number of aliphatic hydroxyl groups is 1. The minimum Gasteiger partial charge on any atom is -0.392 e. The first-order chi connectivity index (χ1) is 13.9. The van der Waals surface area contributed by atoms with Crippen LogP contribution < -0.4 is 5.32 Å². The molecule has 0 fully saturated rings. The molecule has 0 saturated carbocycles. The van der Waals surface area contributed by atoms with Crippen molar-refractivity contribution in [2.75, 3.05) is 6.54 Å². The van der Waals surface area contributed by atoms with E-state index in [1.54, 1.807) is 0 Å². The second kappa shape index (κ2) is 8.37. The quantitative estimate of drug-likeness (QED) is 0.787. The van der Waals surface area contributed by atoms with Gasteiger partial charge in [0, 0.05) is 18.2 Å². The van der Waals surface area contributed by atoms with E-state index in [9.17, 15) is 14.7 Å². The van der Waals surface area contributed by atoms with Crippen LogP contribution in [0.2, 0.25) is 0 Å². The van der Waals surface area contributed by atoms with Crippen molar-refractivity contribution in [3.05, 3.63) is 70.8 Å². The normalized spacial score (nSPS) is 21.2.